The third-order valence-corrected chi connectivity index (χ3v) is 3.40. The molecule has 0 fully saturated rings. The molecule has 2 rings (SSSR count). The summed E-state index contributed by atoms with van der Waals surface area (Å²) in [5.74, 6) is -3.74. The Morgan fingerprint density at radius 1 is 1.29 bits per heavy atom. The van der Waals surface area contributed by atoms with E-state index in [1.807, 2.05) is 6.92 Å². The molecule has 3 amide bonds. The van der Waals surface area contributed by atoms with Crippen LogP contribution in [-0.2, 0) is 16.0 Å². The van der Waals surface area contributed by atoms with Gasteiger partial charge in [-0.1, -0.05) is 19.1 Å². The molecule has 0 aromatic heterocycles. The van der Waals surface area contributed by atoms with Crippen LogP contribution in [0.5, 0.6) is 0 Å². The molecule has 0 aliphatic carbocycles. The molecule has 0 spiro atoms. The number of nitrogens with zero attached hydrogens (tertiary/aromatic N) is 1. The summed E-state index contributed by atoms with van der Waals surface area (Å²) in [4.78, 5) is 47.6. The highest BCUT2D eigenvalue weighted by molar-refractivity contribution is 6.23. The van der Waals surface area contributed by atoms with Crippen molar-refractivity contribution in [3.63, 3.8) is 0 Å². The summed E-state index contributed by atoms with van der Waals surface area (Å²) in [5.41, 5.74) is 6.03. The predicted octanol–water partition coefficient (Wildman–Crippen LogP) is 0.174. The standard InChI is InChI=1S/C14H14N2O5/c1-2-7-4-3-5-8-11(7)13(19)16(12(8)18)9(14(20)21)6-10(15)17/h3-5,9H,2,6H2,1H3,(H2,15,17)(H,20,21). The van der Waals surface area contributed by atoms with E-state index in [1.54, 1.807) is 12.1 Å². The summed E-state index contributed by atoms with van der Waals surface area (Å²) in [6.07, 6.45) is -0.0775. The van der Waals surface area contributed by atoms with Gasteiger partial charge >= 0.3 is 5.97 Å². The van der Waals surface area contributed by atoms with Gasteiger partial charge in [0.05, 0.1) is 17.5 Å². The zero-order chi connectivity index (χ0) is 15.7. The van der Waals surface area contributed by atoms with Crippen LogP contribution in [0.4, 0.5) is 0 Å². The fraction of sp³-hybridized carbons (Fsp3) is 0.286. The first kappa shape index (κ1) is 14.7. The SMILES string of the molecule is CCc1cccc2c1C(=O)N(C(CC(N)=O)C(=O)O)C2=O. The van der Waals surface area contributed by atoms with E-state index in [1.165, 1.54) is 6.07 Å². The highest BCUT2D eigenvalue weighted by Crippen LogP contribution is 2.28. The molecular weight excluding hydrogens is 276 g/mol. The Balaban J connectivity index is 2.49. The third kappa shape index (κ3) is 2.37. The van der Waals surface area contributed by atoms with Gasteiger partial charge in [0, 0.05) is 0 Å². The maximum absolute atomic E-state index is 12.4. The second-order valence-electron chi connectivity index (χ2n) is 4.70. The third-order valence-electron chi connectivity index (χ3n) is 3.40. The largest absolute Gasteiger partial charge is 0.480 e. The van der Waals surface area contributed by atoms with Crippen LogP contribution in [-0.4, -0.2) is 39.7 Å². The van der Waals surface area contributed by atoms with Gasteiger partial charge in [0.25, 0.3) is 11.8 Å². The van der Waals surface area contributed by atoms with E-state index in [4.69, 9.17) is 10.8 Å². The molecule has 3 N–H and O–H groups in total. The number of carbonyl (C=O) groups is 4. The number of carboxylic acid groups (broad SMARTS) is 1. The van der Waals surface area contributed by atoms with E-state index in [0.717, 1.165) is 0 Å². The molecule has 1 aromatic carbocycles. The van der Waals surface area contributed by atoms with Crippen molar-refractivity contribution in [1.29, 1.82) is 0 Å². The van der Waals surface area contributed by atoms with Crippen LogP contribution in [0.15, 0.2) is 18.2 Å². The van der Waals surface area contributed by atoms with E-state index in [9.17, 15) is 19.2 Å². The highest BCUT2D eigenvalue weighted by Gasteiger charge is 2.44. The molecule has 7 nitrogen and oxygen atoms in total. The first-order valence-corrected chi connectivity index (χ1v) is 6.39. The van der Waals surface area contributed by atoms with E-state index < -0.39 is 36.2 Å². The van der Waals surface area contributed by atoms with Gasteiger partial charge in [-0.2, -0.15) is 0 Å². The van der Waals surface area contributed by atoms with Gasteiger partial charge in [-0.15, -0.1) is 0 Å². The number of imide groups is 1. The predicted molar refractivity (Wildman–Crippen MR) is 71.6 cm³/mol. The molecule has 1 heterocycles. The quantitative estimate of drug-likeness (QED) is 0.750. The number of hydrogen-bond donors (Lipinski definition) is 2. The maximum Gasteiger partial charge on any atom is 0.327 e. The highest BCUT2D eigenvalue weighted by atomic mass is 16.4. The number of hydrogen-bond acceptors (Lipinski definition) is 4. The Morgan fingerprint density at radius 3 is 2.48 bits per heavy atom. The molecule has 110 valence electrons. The fourth-order valence-corrected chi connectivity index (χ4v) is 2.43. The summed E-state index contributed by atoms with van der Waals surface area (Å²) in [6, 6.07) is 3.23. The summed E-state index contributed by atoms with van der Waals surface area (Å²) in [6.45, 7) is 1.83. The fourth-order valence-electron chi connectivity index (χ4n) is 2.43. The Hall–Kier alpha value is -2.70. The van der Waals surface area contributed by atoms with Gasteiger partial charge in [0.15, 0.2) is 0 Å². The smallest absolute Gasteiger partial charge is 0.327 e. The van der Waals surface area contributed by atoms with E-state index >= 15 is 0 Å². The van der Waals surface area contributed by atoms with Crippen LogP contribution in [0.2, 0.25) is 0 Å². The summed E-state index contributed by atoms with van der Waals surface area (Å²) in [5, 5.41) is 9.17. The minimum Gasteiger partial charge on any atom is -0.480 e. The summed E-state index contributed by atoms with van der Waals surface area (Å²) in [7, 11) is 0. The second-order valence-corrected chi connectivity index (χ2v) is 4.70. The van der Waals surface area contributed by atoms with Gasteiger partial charge in [0.2, 0.25) is 5.91 Å². The number of primary amides is 1. The topological polar surface area (TPSA) is 118 Å². The number of rotatable bonds is 5. The van der Waals surface area contributed by atoms with Crippen molar-refractivity contribution < 1.29 is 24.3 Å². The Bertz CT molecular complexity index is 653. The molecule has 1 aliphatic rings. The molecule has 0 bridgehead atoms. The molecule has 0 saturated heterocycles. The van der Waals surface area contributed by atoms with Gasteiger partial charge in [0.1, 0.15) is 6.04 Å². The Labute approximate surface area is 120 Å². The minimum absolute atomic E-state index is 0.162. The normalized spacial score (nSPS) is 15.0. The van der Waals surface area contributed by atoms with E-state index in [-0.39, 0.29) is 11.1 Å². The van der Waals surface area contributed by atoms with Crippen molar-refractivity contribution in [1.82, 2.24) is 4.90 Å². The molecule has 21 heavy (non-hydrogen) atoms. The lowest BCUT2D eigenvalue weighted by molar-refractivity contribution is -0.143. The first-order chi connectivity index (χ1) is 9.88. The number of benzene rings is 1. The molecule has 1 atom stereocenters. The zero-order valence-corrected chi connectivity index (χ0v) is 11.3. The number of amides is 3. The van der Waals surface area contributed by atoms with Gasteiger partial charge in [-0.05, 0) is 18.1 Å². The summed E-state index contributed by atoms with van der Waals surface area (Å²) < 4.78 is 0. The second kappa shape index (κ2) is 5.35. The van der Waals surface area contributed by atoms with Crippen LogP contribution in [0, 0.1) is 0 Å². The van der Waals surface area contributed by atoms with Gasteiger partial charge < -0.3 is 10.8 Å². The Morgan fingerprint density at radius 2 is 1.95 bits per heavy atom. The van der Waals surface area contributed by atoms with Crippen LogP contribution in [0.3, 0.4) is 0 Å². The van der Waals surface area contributed by atoms with Crippen molar-refractivity contribution in [2.75, 3.05) is 0 Å². The number of carboxylic acids is 1. The first-order valence-electron chi connectivity index (χ1n) is 6.39. The molecule has 0 radical (unpaired) electrons. The molecule has 1 unspecified atom stereocenters. The number of carbonyl (C=O) groups excluding carboxylic acids is 3. The number of aryl methyl sites for hydroxylation is 1. The molecular formula is C14H14N2O5. The average molecular weight is 290 g/mol. The maximum atomic E-state index is 12.4. The van der Waals surface area contributed by atoms with Crippen LogP contribution < -0.4 is 5.73 Å². The molecule has 1 aliphatic heterocycles. The summed E-state index contributed by atoms with van der Waals surface area (Å²) >= 11 is 0. The molecule has 0 saturated carbocycles. The van der Waals surface area contributed by atoms with Crippen LogP contribution >= 0.6 is 0 Å². The van der Waals surface area contributed by atoms with Gasteiger partial charge in [-0.25, -0.2) is 4.79 Å². The number of nitrogens with two attached hydrogens (primary N) is 1. The van der Waals surface area contributed by atoms with Crippen molar-refractivity contribution in [3.05, 3.63) is 34.9 Å². The lowest BCUT2D eigenvalue weighted by Gasteiger charge is -2.21. The van der Waals surface area contributed by atoms with Crippen molar-refractivity contribution >= 4 is 23.7 Å². The van der Waals surface area contributed by atoms with Gasteiger partial charge in [-0.3, -0.25) is 19.3 Å². The van der Waals surface area contributed by atoms with E-state index in [0.29, 0.717) is 16.9 Å². The monoisotopic (exact) mass is 290 g/mol. The lowest BCUT2D eigenvalue weighted by Crippen LogP contribution is -2.46. The van der Waals surface area contributed by atoms with Crippen molar-refractivity contribution in [2.45, 2.75) is 25.8 Å². The molecule has 1 aromatic rings. The number of aliphatic carboxylic acids is 1. The van der Waals surface area contributed by atoms with Crippen LogP contribution in [0.1, 0.15) is 39.6 Å². The van der Waals surface area contributed by atoms with Crippen molar-refractivity contribution in [2.24, 2.45) is 5.73 Å². The van der Waals surface area contributed by atoms with Crippen LogP contribution in [0.25, 0.3) is 0 Å². The minimum atomic E-state index is -1.58. The lowest BCUT2D eigenvalue weighted by atomic mass is 10.0. The zero-order valence-electron chi connectivity index (χ0n) is 11.3. The van der Waals surface area contributed by atoms with E-state index in [2.05, 4.69) is 0 Å². The Kier molecular flexibility index (Phi) is 3.75. The molecule has 7 heteroatoms. The van der Waals surface area contributed by atoms with Crippen molar-refractivity contribution in [3.8, 4) is 0 Å². The average Bonchev–Trinajstić information content (AvgIpc) is 2.68. The number of fused-ring (bicyclic) bond motifs is 1.